The summed E-state index contributed by atoms with van der Waals surface area (Å²) in [6.45, 7) is 2.61. The first-order valence-corrected chi connectivity index (χ1v) is 8.45. The minimum Gasteiger partial charge on any atom is -0.352 e. The summed E-state index contributed by atoms with van der Waals surface area (Å²) in [5.41, 5.74) is 7.46. The van der Waals surface area contributed by atoms with Crippen molar-refractivity contribution in [1.29, 1.82) is 0 Å². The summed E-state index contributed by atoms with van der Waals surface area (Å²) in [6, 6.07) is 3.90. The molecule has 0 fully saturated rings. The summed E-state index contributed by atoms with van der Waals surface area (Å²) < 4.78 is 0. The molecule has 0 saturated heterocycles. The van der Waals surface area contributed by atoms with Gasteiger partial charge in [-0.25, -0.2) is 4.98 Å². The van der Waals surface area contributed by atoms with Gasteiger partial charge in [0.05, 0.1) is 12.1 Å². The Hall–Kier alpha value is -1.79. The molecule has 2 heterocycles. The van der Waals surface area contributed by atoms with E-state index in [1.807, 2.05) is 17.5 Å². The lowest BCUT2D eigenvalue weighted by Crippen LogP contribution is -2.40. The first-order valence-electron chi connectivity index (χ1n) is 7.57. The molecule has 22 heavy (non-hydrogen) atoms. The number of hydrogen-bond acceptors (Lipinski definition) is 5. The summed E-state index contributed by atoms with van der Waals surface area (Å²) in [5, 5.41) is 5.80. The van der Waals surface area contributed by atoms with Crippen molar-refractivity contribution >= 4 is 17.2 Å². The lowest BCUT2D eigenvalue weighted by molar-refractivity contribution is -0.121. The number of carbonyl (C=O) groups excluding carboxylic acids is 1. The Morgan fingerprint density at radius 2 is 2.36 bits per heavy atom. The number of nitrogens with zero attached hydrogens (tertiary/aromatic N) is 2. The molecule has 3 N–H and O–H groups in total. The molecule has 1 unspecified atom stereocenters. The lowest BCUT2D eigenvalue weighted by atomic mass is 10.1. The average molecular weight is 318 g/mol. The van der Waals surface area contributed by atoms with Crippen molar-refractivity contribution in [3.05, 3.63) is 35.6 Å². The Bertz CT molecular complexity index is 585. The van der Waals surface area contributed by atoms with E-state index in [2.05, 4.69) is 22.2 Å². The maximum atomic E-state index is 12.1. The van der Waals surface area contributed by atoms with Gasteiger partial charge in [-0.2, -0.15) is 0 Å². The second-order valence-electron chi connectivity index (χ2n) is 5.20. The molecule has 0 bridgehead atoms. The Morgan fingerprint density at radius 3 is 3.05 bits per heavy atom. The Kier molecular flexibility index (Phi) is 6.48. The molecule has 1 atom stereocenters. The van der Waals surface area contributed by atoms with E-state index in [4.69, 9.17) is 5.73 Å². The van der Waals surface area contributed by atoms with Crippen molar-refractivity contribution in [3.63, 3.8) is 0 Å². The van der Waals surface area contributed by atoms with Crippen LogP contribution in [-0.4, -0.2) is 28.5 Å². The molecule has 0 aliphatic carbocycles. The zero-order valence-electron chi connectivity index (χ0n) is 12.8. The second-order valence-corrected chi connectivity index (χ2v) is 6.06. The first kappa shape index (κ1) is 16.6. The highest BCUT2D eigenvalue weighted by molar-refractivity contribution is 7.13. The first-order chi connectivity index (χ1) is 10.7. The Labute approximate surface area is 135 Å². The summed E-state index contributed by atoms with van der Waals surface area (Å²) in [5.74, 6) is -0.0189. The zero-order valence-corrected chi connectivity index (χ0v) is 13.6. The molecule has 2 rings (SSSR count). The van der Waals surface area contributed by atoms with Crippen LogP contribution in [0.25, 0.3) is 10.6 Å². The summed E-state index contributed by atoms with van der Waals surface area (Å²) in [6.07, 6.45) is 6.90. The minimum absolute atomic E-state index is 0.0189. The van der Waals surface area contributed by atoms with Crippen LogP contribution in [0, 0.1) is 0 Å². The van der Waals surface area contributed by atoms with E-state index in [9.17, 15) is 4.79 Å². The van der Waals surface area contributed by atoms with Crippen molar-refractivity contribution in [2.45, 2.75) is 38.6 Å². The van der Waals surface area contributed by atoms with E-state index in [0.717, 1.165) is 35.5 Å². The second kappa shape index (κ2) is 8.60. The van der Waals surface area contributed by atoms with E-state index in [1.165, 1.54) is 11.3 Å². The van der Waals surface area contributed by atoms with Crippen LogP contribution in [0.4, 0.5) is 0 Å². The number of hydrogen-bond donors (Lipinski definition) is 2. The average Bonchev–Trinajstić information content (AvgIpc) is 3.00. The fourth-order valence-electron chi connectivity index (χ4n) is 2.15. The van der Waals surface area contributed by atoms with E-state index in [1.54, 1.807) is 12.4 Å². The fourth-order valence-corrected chi connectivity index (χ4v) is 2.96. The van der Waals surface area contributed by atoms with Crippen molar-refractivity contribution in [1.82, 2.24) is 15.3 Å². The molecule has 118 valence electrons. The third-order valence-electron chi connectivity index (χ3n) is 3.36. The topological polar surface area (TPSA) is 80.9 Å². The molecule has 2 aromatic heterocycles. The Balaban J connectivity index is 1.91. The molecule has 0 saturated carbocycles. The van der Waals surface area contributed by atoms with E-state index < -0.39 is 0 Å². The monoisotopic (exact) mass is 318 g/mol. The number of pyridine rings is 1. The molecule has 0 aliphatic heterocycles. The molecule has 5 nitrogen and oxygen atoms in total. The summed E-state index contributed by atoms with van der Waals surface area (Å²) in [4.78, 5) is 20.7. The van der Waals surface area contributed by atoms with Crippen LogP contribution in [0.5, 0.6) is 0 Å². The number of carbonyl (C=O) groups is 1. The maximum absolute atomic E-state index is 12.1. The summed E-state index contributed by atoms with van der Waals surface area (Å²) >= 11 is 1.53. The third kappa shape index (κ3) is 4.89. The van der Waals surface area contributed by atoms with Crippen LogP contribution in [0.3, 0.4) is 0 Å². The van der Waals surface area contributed by atoms with Crippen LogP contribution in [-0.2, 0) is 11.2 Å². The molecule has 0 radical (unpaired) electrons. The van der Waals surface area contributed by atoms with Gasteiger partial charge in [-0.1, -0.05) is 19.8 Å². The predicted octanol–water partition coefficient (Wildman–Crippen LogP) is 2.38. The van der Waals surface area contributed by atoms with Crippen LogP contribution in [0.1, 0.15) is 31.9 Å². The SMILES string of the molecule is CCCCC(CN)NC(=O)Cc1csc(-c2cccnc2)n1. The minimum atomic E-state index is -0.0189. The Morgan fingerprint density at radius 1 is 1.50 bits per heavy atom. The predicted molar refractivity (Wildman–Crippen MR) is 89.6 cm³/mol. The van der Waals surface area contributed by atoms with E-state index >= 15 is 0 Å². The van der Waals surface area contributed by atoms with Crippen molar-refractivity contribution < 1.29 is 4.79 Å². The van der Waals surface area contributed by atoms with Gasteiger partial charge in [0.2, 0.25) is 5.91 Å². The van der Waals surface area contributed by atoms with Crippen molar-refractivity contribution in [2.75, 3.05) is 6.54 Å². The normalized spacial score (nSPS) is 12.1. The number of nitrogens with two attached hydrogens (primary N) is 1. The van der Waals surface area contributed by atoms with Gasteiger partial charge in [-0.15, -0.1) is 11.3 Å². The zero-order chi connectivity index (χ0) is 15.8. The number of aromatic nitrogens is 2. The van der Waals surface area contributed by atoms with Gasteiger partial charge in [-0.05, 0) is 18.6 Å². The number of thiazole rings is 1. The van der Waals surface area contributed by atoms with Gasteiger partial charge < -0.3 is 11.1 Å². The molecular formula is C16H22N4OS. The highest BCUT2D eigenvalue weighted by Gasteiger charge is 2.13. The van der Waals surface area contributed by atoms with Crippen molar-refractivity contribution in [3.8, 4) is 10.6 Å². The standard InChI is InChI=1S/C16H22N4OS/c1-2-3-6-13(9-17)19-15(21)8-14-11-22-16(20-14)12-5-4-7-18-10-12/h4-5,7,10-11,13H,2-3,6,8-9,17H2,1H3,(H,19,21). The fraction of sp³-hybridized carbons (Fsp3) is 0.438. The van der Waals surface area contributed by atoms with Gasteiger partial charge in [0.15, 0.2) is 0 Å². The molecule has 2 aromatic rings. The van der Waals surface area contributed by atoms with Gasteiger partial charge >= 0.3 is 0 Å². The highest BCUT2D eigenvalue weighted by Crippen LogP contribution is 2.22. The smallest absolute Gasteiger partial charge is 0.226 e. The van der Waals surface area contributed by atoms with Crippen LogP contribution in [0.2, 0.25) is 0 Å². The van der Waals surface area contributed by atoms with E-state index in [-0.39, 0.29) is 11.9 Å². The third-order valence-corrected chi connectivity index (χ3v) is 4.30. The molecule has 0 aliphatic rings. The quantitative estimate of drug-likeness (QED) is 0.783. The van der Waals surface area contributed by atoms with Gasteiger partial charge in [-0.3, -0.25) is 9.78 Å². The molecule has 0 aromatic carbocycles. The molecule has 1 amide bonds. The van der Waals surface area contributed by atoms with Crippen LogP contribution in [0.15, 0.2) is 29.9 Å². The number of nitrogens with one attached hydrogen (secondary N) is 1. The van der Waals surface area contributed by atoms with Gasteiger partial charge in [0.1, 0.15) is 5.01 Å². The van der Waals surface area contributed by atoms with E-state index in [0.29, 0.717) is 13.0 Å². The van der Waals surface area contributed by atoms with Gasteiger partial charge in [0, 0.05) is 35.9 Å². The molecular weight excluding hydrogens is 296 g/mol. The van der Waals surface area contributed by atoms with Crippen molar-refractivity contribution in [2.24, 2.45) is 5.73 Å². The maximum Gasteiger partial charge on any atom is 0.226 e. The molecule has 6 heteroatoms. The van der Waals surface area contributed by atoms with Crippen LogP contribution < -0.4 is 11.1 Å². The summed E-state index contributed by atoms with van der Waals surface area (Å²) in [7, 11) is 0. The number of amides is 1. The lowest BCUT2D eigenvalue weighted by Gasteiger charge is -2.15. The molecule has 0 spiro atoms. The largest absolute Gasteiger partial charge is 0.352 e. The number of unbranched alkanes of at least 4 members (excludes halogenated alkanes) is 1. The van der Waals surface area contributed by atoms with Gasteiger partial charge in [0.25, 0.3) is 0 Å². The highest BCUT2D eigenvalue weighted by atomic mass is 32.1. The van der Waals surface area contributed by atoms with Crippen LogP contribution >= 0.6 is 11.3 Å². The number of rotatable bonds is 8.